The van der Waals surface area contributed by atoms with Gasteiger partial charge in [0, 0.05) is 11.6 Å². The highest BCUT2D eigenvalue weighted by Crippen LogP contribution is 2.36. The number of furan rings is 1. The average molecular weight is 487 g/mol. The van der Waals surface area contributed by atoms with Crippen molar-refractivity contribution in [2.45, 2.75) is 13.0 Å². The van der Waals surface area contributed by atoms with Crippen LogP contribution in [0.4, 0.5) is 0 Å². The summed E-state index contributed by atoms with van der Waals surface area (Å²) in [6, 6.07) is 19.5. The van der Waals surface area contributed by atoms with Crippen molar-refractivity contribution in [2.24, 2.45) is 4.99 Å². The molecule has 0 saturated heterocycles. The molecule has 1 aliphatic rings. The summed E-state index contributed by atoms with van der Waals surface area (Å²) >= 11 is 1.24. The molecule has 0 fully saturated rings. The molecule has 176 valence electrons. The fraction of sp³-hybridized carbons (Fsp3) is 0.148. The van der Waals surface area contributed by atoms with Crippen LogP contribution in [0.2, 0.25) is 0 Å². The van der Waals surface area contributed by atoms with Crippen molar-refractivity contribution >= 4 is 29.1 Å². The second-order valence-electron chi connectivity index (χ2n) is 7.72. The number of carbonyl (C=O) groups is 1. The Hall–Kier alpha value is -4.17. The van der Waals surface area contributed by atoms with E-state index in [4.69, 9.17) is 18.9 Å². The molecule has 0 aliphatic carbocycles. The van der Waals surface area contributed by atoms with Gasteiger partial charge in [0.05, 0.1) is 41.8 Å². The summed E-state index contributed by atoms with van der Waals surface area (Å²) in [5.74, 6) is 0.644. The molecule has 0 N–H and O–H groups in total. The molecule has 1 aliphatic heterocycles. The van der Waals surface area contributed by atoms with Crippen molar-refractivity contribution < 1.29 is 18.7 Å². The van der Waals surface area contributed by atoms with E-state index >= 15 is 0 Å². The number of nitrogens with zero attached hydrogens (tertiary/aromatic N) is 2. The number of rotatable bonds is 6. The molecule has 4 aromatic rings. The maximum Gasteiger partial charge on any atom is 0.338 e. The van der Waals surface area contributed by atoms with Crippen LogP contribution in [-0.2, 0) is 9.53 Å². The van der Waals surface area contributed by atoms with Gasteiger partial charge in [-0.2, -0.15) is 0 Å². The molecule has 0 bridgehead atoms. The second-order valence-corrected chi connectivity index (χ2v) is 8.73. The molecule has 2 aromatic heterocycles. The van der Waals surface area contributed by atoms with Gasteiger partial charge in [0.25, 0.3) is 5.56 Å². The number of ether oxygens (including phenoxy) is 2. The monoisotopic (exact) mass is 486 g/mol. The third-order valence-corrected chi connectivity index (χ3v) is 6.58. The predicted molar refractivity (Wildman–Crippen MR) is 133 cm³/mol. The highest BCUT2D eigenvalue weighted by atomic mass is 32.1. The van der Waals surface area contributed by atoms with Gasteiger partial charge < -0.3 is 13.9 Å². The van der Waals surface area contributed by atoms with Gasteiger partial charge in [0.2, 0.25) is 0 Å². The van der Waals surface area contributed by atoms with Crippen LogP contribution in [0.5, 0.6) is 5.75 Å². The lowest BCUT2D eigenvalue weighted by Gasteiger charge is -2.26. The normalized spacial score (nSPS) is 15.5. The summed E-state index contributed by atoms with van der Waals surface area (Å²) in [6.07, 6.45) is 3.23. The summed E-state index contributed by atoms with van der Waals surface area (Å²) in [4.78, 5) is 32.4. The molecule has 0 spiro atoms. The van der Waals surface area contributed by atoms with E-state index < -0.39 is 12.0 Å². The number of esters is 1. The Labute approximate surface area is 204 Å². The Morgan fingerprint density at radius 2 is 1.97 bits per heavy atom. The van der Waals surface area contributed by atoms with Gasteiger partial charge in [-0.05, 0) is 36.8 Å². The molecular formula is C27H22N2O5S. The van der Waals surface area contributed by atoms with Crippen molar-refractivity contribution in [3.05, 3.63) is 115 Å². The van der Waals surface area contributed by atoms with Crippen LogP contribution < -0.4 is 19.6 Å². The number of methoxy groups -OCH3 is 1. The predicted octanol–water partition coefficient (Wildman–Crippen LogP) is 3.54. The summed E-state index contributed by atoms with van der Waals surface area (Å²) in [7, 11) is 1.57. The van der Waals surface area contributed by atoms with Gasteiger partial charge in [-0.15, -0.1) is 0 Å². The molecule has 35 heavy (non-hydrogen) atoms. The van der Waals surface area contributed by atoms with Gasteiger partial charge in [-0.3, -0.25) is 9.36 Å². The average Bonchev–Trinajstić information content (AvgIpc) is 3.51. The molecule has 7 nitrogen and oxygen atoms in total. The second kappa shape index (κ2) is 9.60. The Bertz CT molecular complexity index is 1580. The van der Waals surface area contributed by atoms with E-state index in [0.29, 0.717) is 37.7 Å². The number of hydrogen-bond donors (Lipinski definition) is 0. The van der Waals surface area contributed by atoms with E-state index in [-0.39, 0.29) is 12.2 Å². The smallest absolute Gasteiger partial charge is 0.338 e. The highest BCUT2D eigenvalue weighted by Gasteiger charge is 2.35. The van der Waals surface area contributed by atoms with Crippen molar-refractivity contribution in [3.63, 3.8) is 0 Å². The Balaban J connectivity index is 1.85. The maximum atomic E-state index is 13.7. The first-order valence-electron chi connectivity index (χ1n) is 11.1. The van der Waals surface area contributed by atoms with E-state index in [9.17, 15) is 9.59 Å². The summed E-state index contributed by atoms with van der Waals surface area (Å²) in [5, 5.41) is 0. The first kappa shape index (κ1) is 22.6. The number of aromatic nitrogens is 1. The van der Waals surface area contributed by atoms with Gasteiger partial charge in [0.15, 0.2) is 4.80 Å². The zero-order valence-corrected chi connectivity index (χ0v) is 20.0. The van der Waals surface area contributed by atoms with Gasteiger partial charge >= 0.3 is 5.97 Å². The first-order chi connectivity index (χ1) is 17.1. The minimum absolute atomic E-state index is 0.193. The van der Waals surface area contributed by atoms with Crippen LogP contribution in [0, 0.1) is 0 Å². The number of carbonyl (C=O) groups excluding carboxylic acids is 1. The number of fused-ring (bicyclic) bond motifs is 1. The summed E-state index contributed by atoms with van der Waals surface area (Å²) in [5.41, 5.74) is 1.96. The fourth-order valence-electron chi connectivity index (χ4n) is 4.07. The lowest BCUT2D eigenvalue weighted by atomic mass is 9.93. The van der Waals surface area contributed by atoms with Crippen molar-refractivity contribution in [1.29, 1.82) is 0 Å². The van der Waals surface area contributed by atoms with Crippen molar-refractivity contribution in [3.8, 4) is 5.75 Å². The molecule has 8 heteroatoms. The molecule has 2 aromatic carbocycles. The molecule has 3 heterocycles. The van der Waals surface area contributed by atoms with E-state index in [2.05, 4.69) is 0 Å². The van der Waals surface area contributed by atoms with E-state index in [1.54, 1.807) is 43.1 Å². The minimum Gasteiger partial charge on any atom is -0.497 e. The van der Waals surface area contributed by atoms with E-state index in [1.165, 1.54) is 11.3 Å². The van der Waals surface area contributed by atoms with Crippen LogP contribution in [-0.4, -0.2) is 24.3 Å². The topological polar surface area (TPSA) is 83.0 Å². The zero-order chi connectivity index (χ0) is 24.4. The Kier molecular flexibility index (Phi) is 6.20. The Morgan fingerprint density at radius 1 is 1.14 bits per heavy atom. The van der Waals surface area contributed by atoms with E-state index in [1.807, 2.05) is 54.6 Å². The number of thiazole rings is 1. The largest absolute Gasteiger partial charge is 0.497 e. The molecular weight excluding hydrogens is 464 g/mol. The zero-order valence-electron chi connectivity index (χ0n) is 19.1. The number of hydrogen-bond acceptors (Lipinski definition) is 7. The molecule has 1 atom stereocenters. The van der Waals surface area contributed by atoms with Crippen LogP contribution in [0.15, 0.2) is 92.8 Å². The molecule has 5 rings (SSSR count). The SMILES string of the molecule is CCOC(=O)C1=C(c2ccccc2)N=c2s/c(=C/c3ccco3)c(=O)n2C1c1cccc(OC)c1. The van der Waals surface area contributed by atoms with Gasteiger partial charge in [-0.25, -0.2) is 9.79 Å². The van der Waals surface area contributed by atoms with Crippen LogP contribution in [0.25, 0.3) is 11.8 Å². The summed E-state index contributed by atoms with van der Waals surface area (Å²) < 4.78 is 18.3. The molecule has 0 saturated carbocycles. The maximum absolute atomic E-state index is 13.7. The van der Waals surface area contributed by atoms with Gasteiger partial charge in [0.1, 0.15) is 11.5 Å². The van der Waals surface area contributed by atoms with Crippen molar-refractivity contribution in [2.75, 3.05) is 13.7 Å². The Morgan fingerprint density at radius 3 is 2.69 bits per heavy atom. The van der Waals surface area contributed by atoms with Crippen LogP contribution >= 0.6 is 11.3 Å². The molecule has 1 unspecified atom stereocenters. The third kappa shape index (κ3) is 4.24. The fourth-order valence-corrected chi connectivity index (χ4v) is 5.05. The third-order valence-electron chi connectivity index (χ3n) is 5.60. The van der Waals surface area contributed by atoms with Gasteiger partial charge in [-0.1, -0.05) is 53.8 Å². The molecule has 0 amide bonds. The van der Waals surface area contributed by atoms with Crippen LogP contribution in [0.1, 0.15) is 29.9 Å². The molecule has 0 radical (unpaired) electrons. The lowest BCUT2D eigenvalue weighted by molar-refractivity contribution is -0.138. The standard InChI is InChI=1S/C27H22N2O5S/c1-3-33-26(31)22-23(17-9-5-4-6-10-17)28-27-29(24(22)18-11-7-12-19(15-18)32-2)25(30)21(35-27)16-20-13-8-14-34-20/h4-16,24H,3H2,1-2H3/b21-16+. The highest BCUT2D eigenvalue weighted by molar-refractivity contribution is 7.07. The lowest BCUT2D eigenvalue weighted by Crippen LogP contribution is -2.40. The summed E-state index contributed by atoms with van der Waals surface area (Å²) in [6.45, 7) is 1.94. The van der Waals surface area contributed by atoms with Crippen molar-refractivity contribution in [1.82, 2.24) is 4.57 Å². The quantitative estimate of drug-likeness (QED) is 0.390. The van der Waals surface area contributed by atoms with Crippen LogP contribution in [0.3, 0.4) is 0 Å². The number of benzene rings is 2. The van der Waals surface area contributed by atoms with E-state index in [0.717, 1.165) is 5.56 Å². The minimum atomic E-state index is -0.755. The first-order valence-corrected chi connectivity index (χ1v) is 11.9.